The van der Waals surface area contributed by atoms with Gasteiger partial charge in [-0.25, -0.2) is 8.42 Å². The second-order valence-electron chi connectivity index (χ2n) is 9.32. The maximum Gasteiger partial charge on any atom is 0.522 e. The maximum atomic E-state index is 13.7. The van der Waals surface area contributed by atoms with E-state index < -0.39 is 34.4 Å². The van der Waals surface area contributed by atoms with Crippen molar-refractivity contribution in [1.29, 1.82) is 0 Å². The van der Waals surface area contributed by atoms with Crippen LogP contribution in [0.5, 0.6) is 0 Å². The van der Waals surface area contributed by atoms with E-state index in [4.69, 9.17) is 0 Å². The van der Waals surface area contributed by atoms with Crippen LogP contribution in [0.2, 0.25) is 0 Å². The van der Waals surface area contributed by atoms with E-state index in [-0.39, 0.29) is 17.9 Å². The highest BCUT2D eigenvalue weighted by Gasteiger charge is 2.49. The van der Waals surface area contributed by atoms with Crippen molar-refractivity contribution in [2.75, 3.05) is 13.1 Å². The Labute approximate surface area is 204 Å². The van der Waals surface area contributed by atoms with Crippen molar-refractivity contribution in [3.63, 3.8) is 0 Å². The largest absolute Gasteiger partial charge is 0.522 e. The third-order valence-electron chi connectivity index (χ3n) is 6.53. The minimum absolute atomic E-state index is 0.00612. The normalized spacial score (nSPS) is 19.0. The fourth-order valence-electron chi connectivity index (χ4n) is 4.89. The summed E-state index contributed by atoms with van der Waals surface area (Å²) in [5.41, 5.74) is 3.21. The summed E-state index contributed by atoms with van der Waals surface area (Å²) in [5.74, 6) is 0. The van der Waals surface area contributed by atoms with Gasteiger partial charge in [-0.2, -0.15) is 4.31 Å². The predicted molar refractivity (Wildman–Crippen MR) is 129 cm³/mol. The van der Waals surface area contributed by atoms with Gasteiger partial charge in [0, 0.05) is 18.5 Å². The van der Waals surface area contributed by atoms with Gasteiger partial charge < -0.3 is 0 Å². The van der Waals surface area contributed by atoms with E-state index in [9.17, 15) is 21.6 Å². The summed E-state index contributed by atoms with van der Waals surface area (Å²) in [6.45, 7) is 5.25. The van der Waals surface area contributed by atoms with Gasteiger partial charge in [-0.3, -0.25) is 4.74 Å². The van der Waals surface area contributed by atoms with Crippen LogP contribution in [-0.4, -0.2) is 38.3 Å². The van der Waals surface area contributed by atoms with Crippen LogP contribution in [0.25, 0.3) is 0 Å². The lowest BCUT2D eigenvalue weighted by atomic mass is 9.68. The Morgan fingerprint density at radius 3 is 1.89 bits per heavy atom. The quantitative estimate of drug-likeness (QED) is 0.436. The number of hydrogen-bond donors (Lipinski definition) is 0. The molecular weight excluding hydrogens is 475 g/mol. The molecular formula is C27H28F3NO3S. The molecule has 1 aliphatic heterocycles. The molecule has 0 amide bonds. The number of halogens is 3. The number of alkyl halides is 3. The molecule has 0 N–H and O–H groups in total. The van der Waals surface area contributed by atoms with Crippen molar-refractivity contribution in [1.82, 2.24) is 4.31 Å². The van der Waals surface area contributed by atoms with Gasteiger partial charge in [0.05, 0.1) is 11.0 Å². The summed E-state index contributed by atoms with van der Waals surface area (Å²) in [6.07, 6.45) is -6.30. The number of nitrogens with zero attached hydrogens (tertiary/aromatic N) is 1. The highest BCUT2D eigenvalue weighted by Crippen LogP contribution is 2.44. The van der Waals surface area contributed by atoms with Crippen molar-refractivity contribution >= 4 is 10.0 Å². The zero-order chi connectivity index (χ0) is 25.4. The molecule has 1 atom stereocenters. The topological polar surface area (TPSA) is 46.6 Å². The molecule has 0 bridgehead atoms. The summed E-state index contributed by atoms with van der Waals surface area (Å²) in [4.78, 5) is 0.0399. The molecule has 0 spiro atoms. The zero-order valence-corrected chi connectivity index (χ0v) is 20.7. The van der Waals surface area contributed by atoms with Gasteiger partial charge in [-0.15, -0.1) is 13.2 Å². The molecule has 1 saturated heterocycles. The second-order valence-corrected chi connectivity index (χ2v) is 11.3. The SMILES string of the molecule is Cc1ccc(S(=O)(=O)N2CC(OC(F)(F)F)CC(c3cccc(C)c3)(c3cccc(C)c3)C2)cc1. The standard InChI is InChI=1S/C27H28F3NO3S/c1-19-10-12-25(13-11-19)35(32,33)31-17-24(34-27(28,29)30)16-26(18-31,22-8-4-6-20(2)14-22)23-9-5-7-21(3)15-23/h4-15,24H,16-18H2,1-3H3. The predicted octanol–water partition coefficient (Wildman–Crippen LogP) is 5.90. The Morgan fingerprint density at radius 2 is 1.40 bits per heavy atom. The zero-order valence-electron chi connectivity index (χ0n) is 19.8. The molecule has 35 heavy (non-hydrogen) atoms. The third-order valence-corrected chi connectivity index (χ3v) is 8.36. The van der Waals surface area contributed by atoms with Crippen LogP contribution in [0.1, 0.15) is 34.2 Å². The van der Waals surface area contributed by atoms with Gasteiger partial charge in [0.25, 0.3) is 0 Å². The first-order valence-electron chi connectivity index (χ1n) is 11.3. The molecule has 0 radical (unpaired) electrons. The van der Waals surface area contributed by atoms with E-state index in [1.807, 2.05) is 69.3 Å². The Hall–Kier alpha value is -2.68. The van der Waals surface area contributed by atoms with Crippen LogP contribution in [0, 0.1) is 20.8 Å². The smallest absolute Gasteiger partial charge is 0.287 e. The van der Waals surface area contributed by atoms with E-state index in [0.29, 0.717) is 0 Å². The number of ether oxygens (including phenoxy) is 1. The first kappa shape index (κ1) is 25.4. The lowest BCUT2D eigenvalue weighted by Gasteiger charge is -2.46. The van der Waals surface area contributed by atoms with E-state index in [2.05, 4.69) is 4.74 Å². The van der Waals surface area contributed by atoms with Crippen molar-refractivity contribution < 1.29 is 26.3 Å². The van der Waals surface area contributed by atoms with E-state index in [1.165, 1.54) is 12.1 Å². The average Bonchev–Trinajstić information content (AvgIpc) is 2.78. The minimum Gasteiger partial charge on any atom is -0.287 e. The number of benzene rings is 3. The molecule has 0 saturated carbocycles. The molecule has 3 aromatic rings. The Balaban J connectivity index is 1.90. The molecule has 4 rings (SSSR count). The second kappa shape index (κ2) is 9.41. The summed E-state index contributed by atoms with van der Waals surface area (Å²) >= 11 is 0. The van der Waals surface area contributed by atoms with E-state index >= 15 is 0 Å². The van der Waals surface area contributed by atoms with Crippen LogP contribution < -0.4 is 0 Å². The highest BCUT2D eigenvalue weighted by atomic mass is 32.2. The first-order valence-corrected chi connectivity index (χ1v) is 12.8. The molecule has 8 heteroatoms. The van der Waals surface area contributed by atoms with Crippen molar-refractivity contribution in [3.8, 4) is 0 Å². The number of sulfonamides is 1. The fourth-order valence-corrected chi connectivity index (χ4v) is 6.42. The van der Waals surface area contributed by atoms with E-state index in [0.717, 1.165) is 32.1 Å². The Bertz CT molecular complexity index is 1260. The van der Waals surface area contributed by atoms with Crippen molar-refractivity contribution in [2.45, 2.75) is 50.0 Å². The lowest BCUT2D eigenvalue weighted by molar-refractivity contribution is -0.346. The molecule has 4 nitrogen and oxygen atoms in total. The Morgan fingerprint density at radius 1 is 0.857 bits per heavy atom. The third kappa shape index (κ3) is 5.44. The van der Waals surface area contributed by atoms with Gasteiger partial charge >= 0.3 is 6.36 Å². The summed E-state index contributed by atoms with van der Waals surface area (Å²) in [6, 6.07) is 21.3. The summed E-state index contributed by atoms with van der Waals surface area (Å²) in [5, 5.41) is 0. The first-order chi connectivity index (χ1) is 16.4. The molecule has 0 aliphatic carbocycles. The van der Waals surface area contributed by atoms with Gasteiger partial charge in [0.1, 0.15) is 0 Å². The van der Waals surface area contributed by atoms with Crippen LogP contribution in [0.15, 0.2) is 77.7 Å². The molecule has 3 aromatic carbocycles. The molecule has 1 heterocycles. The lowest BCUT2D eigenvalue weighted by Crippen LogP contribution is -2.55. The van der Waals surface area contributed by atoms with E-state index in [1.54, 1.807) is 12.1 Å². The molecule has 1 fully saturated rings. The average molecular weight is 504 g/mol. The van der Waals surface area contributed by atoms with Crippen molar-refractivity contribution in [2.24, 2.45) is 0 Å². The molecule has 186 valence electrons. The van der Waals surface area contributed by atoms with Gasteiger partial charge in [-0.05, 0) is 50.5 Å². The number of aryl methyl sites for hydroxylation is 3. The number of rotatable bonds is 5. The summed E-state index contributed by atoms with van der Waals surface area (Å²) in [7, 11) is -4.09. The maximum absolute atomic E-state index is 13.7. The summed E-state index contributed by atoms with van der Waals surface area (Å²) < 4.78 is 73.3. The monoisotopic (exact) mass is 503 g/mol. The van der Waals surface area contributed by atoms with Crippen LogP contribution in [0.4, 0.5) is 13.2 Å². The molecule has 1 aliphatic rings. The van der Waals surface area contributed by atoms with Gasteiger partial charge in [0.2, 0.25) is 10.0 Å². The van der Waals surface area contributed by atoms with Crippen LogP contribution in [-0.2, 0) is 20.2 Å². The number of hydrogen-bond acceptors (Lipinski definition) is 3. The minimum atomic E-state index is -4.90. The van der Waals surface area contributed by atoms with Crippen molar-refractivity contribution in [3.05, 3.63) is 101 Å². The Kier molecular flexibility index (Phi) is 6.83. The highest BCUT2D eigenvalue weighted by molar-refractivity contribution is 7.89. The molecule has 1 unspecified atom stereocenters. The van der Waals surface area contributed by atoms with Crippen LogP contribution >= 0.6 is 0 Å². The van der Waals surface area contributed by atoms with Gasteiger partial charge in [0.15, 0.2) is 0 Å². The number of piperidine rings is 1. The molecule has 0 aromatic heterocycles. The fraction of sp³-hybridized carbons (Fsp3) is 0.333. The van der Waals surface area contributed by atoms with Crippen LogP contribution in [0.3, 0.4) is 0 Å². The van der Waals surface area contributed by atoms with Gasteiger partial charge in [-0.1, -0.05) is 77.4 Å².